The summed E-state index contributed by atoms with van der Waals surface area (Å²) in [6.45, 7) is 0.0990. The molecular formula is C14H17ClO2. The number of benzene rings is 1. The summed E-state index contributed by atoms with van der Waals surface area (Å²) in [6.07, 6.45) is 4.58. The van der Waals surface area contributed by atoms with E-state index in [1.807, 2.05) is 24.3 Å². The molecule has 1 aromatic rings. The first-order chi connectivity index (χ1) is 8.19. The molecule has 0 aliphatic heterocycles. The molecule has 0 fully saturated rings. The van der Waals surface area contributed by atoms with Crippen LogP contribution in [-0.2, 0) is 0 Å². The van der Waals surface area contributed by atoms with E-state index in [9.17, 15) is 10.2 Å². The van der Waals surface area contributed by atoms with Crippen LogP contribution in [0, 0.1) is 5.41 Å². The topological polar surface area (TPSA) is 40.5 Å². The highest BCUT2D eigenvalue weighted by Crippen LogP contribution is 2.38. The van der Waals surface area contributed by atoms with Gasteiger partial charge < -0.3 is 10.2 Å². The van der Waals surface area contributed by atoms with Crippen molar-refractivity contribution in [2.24, 2.45) is 5.41 Å². The predicted octanol–water partition coefficient (Wildman–Crippen LogP) is 2.88. The van der Waals surface area contributed by atoms with Crippen molar-refractivity contribution in [2.75, 3.05) is 13.2 Å². The summed E-state index contributed by atoms with van der Waals surface area (Å²) >= 11 is 5.86. The number of allylic oxidation sites excluding steroid dienone is 2. The summed E-state index contributed by atoms with van der Waals surface area (Å²) in [4.78, 5) is 0. The molecule has 0 radical (unpaired) electrons. The summed E-state index contributed by atoms with van der Waals surface area (Å²) < 4.78 is 0. The maximum atomic E-state index is 9.33. The molecule has 2 nitrogen and oxygen atoms in total. The number of hydrogen-bond acceptors (Lipinski definition) is 2. The van der Waals surface area contributed by atoms with Gasteiger partial charge in [-0.25, -0.2) is 0 Å². The Bertz CT molecular complexity index is 405. The molecule has 3 heteroatoms. The van der Waals surface area contributed by atoms with Crippen LogP contribution < -0.4 is 0 Å². The van der Waals surface area contributed by atoms with Gasteiger partial charge in [0, 0.05) is 10.4 Å². The van der Waals surface area contributed by atoms with Gasteiger partial charge in [0.25, 0.3) is 0 Å². The number of hydrogen-bond donors (Lipinski definition) is 2. The van der Waals surface area contributed by atoms with E-state index in [4.69, 9.17) is 11.6 Å². The minimum atomic E-state index is -0.323. The Morgan fingerprint density at radius 2 is 1.76 bits per heavy atom. The third-order valence-corrected chi connectivity index (χ3v) is 3.84. The van der Waals surface area contributed by atoms with E-state index in [0.29, 0.717) is 0 Å². The Balaban J connectivity index is 2.15. The minimum Gasteiger partial charge on any atom is -0.396 e. The van der Waals surface area contributed by atoms with Crippen molar-refractivity contribution < 1.29 is 10.2 Å². The van der Waals surface area contributed by atoms with Crippen molar-refractivity contribution in [3.8, 4) is 0 Å². The van der Waals surface area contributed by atoms with E-state index in [2.05, 4.69) is 6.08 Å². The lowest BCUT2D eigenvalue weighted by molar-refractivity contribution is 0.0481. The number of aliphatic hydroxyl groups is 2. The summed E-state index contributed by atoms with van der Waals surface area (Å²) in [6, 6.07) is 7.80. The van der Waals surface area contributed by atoms with Crippen molar-refractivity contribution in [3.05, 3.63) is 40.9 Å². The molecule has 1 aliphatic carbocycles. The molecule has 0 heterocycles. The molecule has 0 amide bonds. The van der Waals surface area contributed by atoms with Gasteiger partial charge in [-0.1, -0.05) is 29.8 Å². The molecule has 0 saturated heterocycles. The average molecular weight is 253 g/mol. The Hall–Kier alpha value is -0.830. The maximum Gasteiger partial charge on any atom is 0.0512 e. The summed E-state index contributed by atoms with van der Waals surface area (Å²) in [5.74, 6) is 0. The monoisotopic (exact) mass is 252 g/mol. The van der Waals surface area contributed by atoms with Crippen LogP contribution in [-0.4, -0.2) is 23.4 Å². The fourth-order valence-electron chi connectivity index (χ4n) is 2.21. The standard InChI is InChI=1S/C14H17ClO2/c15-13-3-1-11(2-4-13)12-5-7-14(9-16,10-17)8-6-12/h1-5,16-17H,6-10H2. The highest BCUT2D eigenvalue weighted by molar-refractivity contribution is 6.30. The second-order valence-electron chi connectivity index (χ2n) is 4.76. The van der Waals surface area contributed by atoms with Crippen LogP contribution >= 0.6 is 11.6 Å². The van der Waals surface area contributed by atoms with Crippen molar-refractivity contribution in [1.29, 1.82) is 0 Å². The van der Waals surface area contributed by atoms with Crippen molar-refractivity contribution in [1.82, 2.24) is 0 Å². The Morgan fingerprint density at radius 3 is 2.24 bits per heavy atom. The van der Waals surface area contributed by atoms with E-state index in [1.54, 1.807) is 0 Å². The highest BCUT2D eigenvalue weighted by Gasteiger charge is 2.30. The molecule has 0 aromatic heterocycles. The SMILES string of the molecule is OCC1(CO)CC=C(c2ccc(Cl)cc2)CC1. The summed E-state index contributed by atoms with van der Waals surface area (Å²) in [5, 5.41) is 19.4. The molecule has 0 saturated carbocycles. The van der Waals surface area contributed by atoms with Gasteiger partial charge in [-0.3, -0.25) is 0 Å². The third kappa shape index (κ3) is 2.71. The Kier molecular flexibility index (Phi) is 3.87. The zero-order valence-electron chi connectivity index (χ0n) is 9.69. The number of rotatable bonds is 3. The molecule has 0 spiro atoms. The van der Waals surface area contributed by atoms with Gasteiger partial charge in [-0.15, -0.1) is 0 Å². The van der Waals surface area contributed by atoms with Gasteiger partial charge in [-0.2, -0.15) is 0 Å². The quantitative estimate of drug-likeness (QED) is 0.869. The zero-order valence-corrected chi connectivity index (χ0v) is 10.5. The smallest absolute Gasteiger partial charge is 0.0512 e. The van der Waals surface area contributed by atoms with Crippen molar-refractivity contribution in [2.45, 2.75) is 19.3 Å². The molecule has 2 rings (SSSR count). The lowest BCUT2D eigenvalue weighted by Crippen LogP contribution is -2.31. The van der Waals surface area contributed by atoms with Crippen LogP contribution in [0.5, 0.6) is 0 Å². The zero-order chi connectivity index (χ0) is 12.3. The van der Waals surface area contributed by atoms with Gasteiger partial charge in [-0.05, 0) is 42.5 Å². The fourth-order valence-corrected chi connectivity index (χ4v) is 2.33. The van der Waals surface area contributed by atoms with Gasteiger partial charge in [0.2, 0.25) is 0 Å². The van der Waals surface area contributed by atoms with Gasteiger partial charge in [0.15, 0.2) is 0 Å². The second-order valence-corrected chi connectivity index (χ2v) is 5.19. The van der Waals surface area contributed by atoms with Crippen LogP contribution in [0.4, 0.5) is 0 Å². The van der Waals surface area contributed by atoms with E-state index in [1.165, 1.54) is 11.1 Å². The lowest BCUT2D eigenvalue weighted by atomic mass is 9.75. The van der Waals surface area contributed by atoms with Gasteiger partial charge in [0.05, 0.1) is 13.2 Å². The Labute approximate surface area is 107 Å². The van der Waals surface area contributed by atoms with Crippen LogP contribution in [0.1, 0.15) is 24.8 Å². The first-order valence-corrected chi connectivity index (χ1v) is 6.24. The van der Waals surface area contributed by atoms with Crippen molar-refractivity contribution >= 4 is 17.2 Å². The van der Waals surface area contributed by atoms with E-state index < -0.39 is 0 Å². The van der Waals surface area contributed by atoms with Crippen molar-refractivity contribution in [3.63, 3.8) is 0 Å². The summed E-state index contributed by atoms with van der Waals surface area (Å²) in [5.41, 5.74) is 2.13. The van der Waals surface area contributed by atoms with Gasteiger partial charge in [0.1, 0.15) is 0 Å². The molecule has 1 aliphatic rings. The predicted molar refractivity (Wildman–Crippen MR) is 69.9 cm³/mol. The average Bonchev–Trinajstić information content (AvgIpc) is 2.40. The van der Waals surface area contributed by atoms with Gasteiger partial charge >= 0.3 is 0 Å². The third-order valence-electron chi connectivity index (χ3n) is 3.59. The molecule has 1 aromatic carbocycles. The first kappa shape index (κ1) is 12.6. The molecule has 2 N–H and O–H groups in total. The summed E-state index contributed by atoms with van der Waals surface area (Å²) in [7, 11) is 0. The highest BCUT2D eigenvalue weighted by atomic mass is 35.5. The normalized spacial score (nSPS) is 18.9. The maximum absolute atomic E-state index is 9.33. The Morgan fingerprint density at radius 1 is 1.12 bits per heavy atom. The lowest BCUT2D eigenvalue weighted by Gasteiger charge is -2.33. The van der Waals surface area contributed by atoms with E-state index >= 15 is 0 Å². The van der Waals surface area contributed by atoms with Crippen LogP contribution in [0.25, 0.3) is 5.57 Å². The van der Waals surface area contributed by atoms with Crippen LogP contribution in [0.15, 0.2) is 30.3 Å². The van der Waals surface area contributed by atoms with E-state index in [0.717, 1.165) is 24.3 Å². The fraction of sp³-hybridized carbons (Fsp3) is 0.429. The first-order valence-electron chi connectivity index (χ1n) is 5.86. The molecule has 0 bridgehead atoms. The van der Waals surface area contributed by atoms with E-state index in [-0.39, 0.29) is 18.6 Å². The molecule has 92 valence electrons. The second kappa shape index (κ2) is 5.21. The number of aliphatic hydroxyl groups excluding tert-OH is 2. The number of halogens is 1. The largest absolute Gasteiger partial charge is 0.396 e. The minimum absolute atomic E-state index is 0.0495. The van der Waals surface area contributed by atoms with Crippen LogP contribution in [0.2, 0.25) is 5.02 Å². The molecule has 17 heavy (non-hydrogen) atoms. The molecular weight excluding hydrogens is 236 g/mol. The molecule has 0 unspecified atom stereocenters. The molecule has 0 atom stereocenters. The van der Waals surface area contributed by atoms with Crippen LogP contribution in [0.3, 0.4) is 0 Å².